The minimum Gasteiger partial charge on any atom is -0.468 e. The standard InChI is InChI=1S/C15H14FNO3S/c1-9-10(4-3-5-11(9)16)15(14(19)20-2)6-12(18)13(7-15)21-8-17/h3-5,13H,6-7H2,1-2H3/t13?,15-/m0/s1. The highest BCUT2D eigenvalue weighted by Crippen LogP contribution is 2.45. The van der Waals surface area contributed by atoms with Crippen LogP contribution >= 0.6 is 11.8 Å². The number of rotatable bonds is 3. The maximum atomic E-state index is 13.8. The van der Waals surface area contributed by atoms with Crippen LogP contribution in [-0.4, -0.2) is 24.1 Å². The van der Waals surface area contributed by atoms with Crippen LogP contribution in [0.15, 0.2) is 18.2 Å². The third-order valence-corrected chi connectivity index (χ3v) is 4.74. The van der Waals surface area contributed by atoms with Crippen molar-refractivity contribution in [3.8, 4) is 5.40 Å². The third kappa shape index (κ3) is 2.54. The second-order valence-corrected chi connectivity index (χ2v) is 6.02. The van der Waals surface area contributed by atoms with Gasteiger partial charge in [-0.1, -0.05) is 12.1 Å². The van der Waals surface area contributed by atoms with Gasteiger partial charge in [-0.15, -0.1) is 0 Å². The van der Waals surface area contributed by atoms with Crippen molar-refractivity contribution in [1.29, 1.82) is 5.26 Å². The van der Waals surface area contributed by atoms with E-state index in [4.69, 9.17) is 10.00 Å². The van der Waals surface area contributed by atoms with Crippen LogP contribution in [0.2, 0.25) is 0 Å². The smallest absolute Gasteiger partial charge is 0.316 e. The molecule has 1 aromatic rings. The van der Waals surface area contributed by atoms with Crippen molar-refractivity contribution in [3.63, 3.8) is 0 Å². The van der Waals surface area contributed by atoms with Gasteiger partial charge in [-0.25, -0.2) is 4.39 Å². The number of ether oxygens (including phenoxy) is 1. The van der Waals surface area contributed by atoms with E-state index in [0.29, 0.717) is 11.1 Å². The molecule has 1 aliphatic carbocycles. The lowest BCUT2D eigenvalue weighted by Gasteiger charge is -2.27. The highest BCUT2D eigenvalue weighted by atomic mass is 32.2. The van der Waals surface area contributed by atoms with Crippen LogP contribution in [0, 0.1) is 23.4 Å². The Morgan fingerprint density at radius 1 is 1.57 bits per heavy atom. The van der Waals surface area contributed by atoms with Gasteiger partial charge < -0.3 is 4.74 Å². The summed E-state index contributed by atoms with van der Waals surface area (Å²) in [5, 5.41) is 10.1. The number of carbonyl (C=O) groups excluding carboxylic acids is 2. The number of carbonyl (C=O) groups is 2. The third-order valence-electron chi connectivity index (χ3n) is 3.92. The number of benzene rings is 1. The summed E-state index contributed by atoms with van der Waals surface area (Å²) in [7, 11) is 1.24. The predicted octanol–water partition coefficient (Wildman–Crippen LogP) is 2.49. The Hall–Kier alpha value is -1.87. The fourth-order valence-corrected chi connectivity index (χ4v) is 3.59. The molecule has 1 unspecified atom stereocenters. The molecule has 0 heterocycles. The van der Waals surface area contributed by atoms with Gasteiger partial charge in [0.05, 0.1) is 12.4 Å². The first kappa shape index (κ1) is 15.5. The van der Waals surface area contributed by atoms with Crippen molar-refractivity contribution in [2.45, 2.75) is 30.4 Å². The van der Waals surface area contributed by atoms with Gasteiger partial charge >= 0.3 is 5.97 Å². The Labute approximate surface area is 126 Å². The average Bonchev–Trinajstić information content (AvgIpc) is 2.79. The number of thioether (sulfide) groups is 1. The van der Waals surface area contributed by atoms with Crippen LogP contribution in [0.3, 0.4) is 0 Å². The van der Waals surface area contributed by atoms with Crippen molar-refractivity contribution in [2.75, 3.05) is 7.11 Å². The summed E-state index contributed by atoms with van der Waals surface area (Å²) in [5.74, 6) is -1.18. The highest BCUT2D eigenvalue weighted by Gasteiger charge is 2.53. The van der Waals surface area contributed by atoms with Gasteiger partial charge in [0.25, 0.3) is 0 Å². The molecular weight excluding hydrogens is 293 g/mol. The van der Waals surface area contributed by atoms with Crippen LogP contribution in [0.25, 0.3) is 0 Å². The summed E-state index contributed by atoms with van der Waals surface area (Å²) in [5.41, 5.74) is -0.408. The Balaban J connectivity index is 2.55. The Kier molecular flexibility index (Phi) is 4.33. The number of nitriles is 1. The number of nitrogens with zero attached hydrogens (tertiary/aromatic N) is 1. The Bertz CT molecular complexity index is 640. The Morgan fingerprint density at radius 2 is 2.29 bits per heavy atom. The summed E-state index contributed by atoms with van der Waals surface area (Å²) in [4.78, 5) is 24.4. The van der Waals surface area contributed by atoms with Gasteiger partial charge in [-0.05, 0) is 42.3 Å². The van der Waals surface area contributed by atoms with Gasteiger partial charge in [-0.2, -0.15) is 5.26 Å². The number of hydrogen-bond acceptors (Lipinski definition) is 5. The minimum absolute atomic E-state index is 0.0662. The van der Waals surface area contributed by atoms with Crippen LogP contribution in [-0.2, 0) is 19.7 Å². The van der Waals surface area contributed by atoms with E-state index in [0.717, 1.165) is 11.8 Å². The zero-order valence-corrected chi connectivity index (χ0v) is 12.5. The molecule has 1 saturated carbocycles. The number of halogens is 1. The van der Waals surface area contributed by atoms with Crippen molar-refractivity contribution in [3.05, 3.63) is 35.1 Å². The molecule has 0 aliphatic heterocycles. The van der Waals surface area contributed by atoms with Crippen molar-refractivity contribution in [1.82, 2.24) is 0 Å². The van der Waals surface area contributed by atoms with E-state index in [1.807, 2.05) is 5.40 Å². The number of ketones is 1. The van der Waals surface area contributed by atoms with E-state index < -0.39 is 22.5 Å². The number of hydrogen-bond donors (Lipinski definition) is 0. The summed E-state index contributed by atoms with van der Waals surface area (Å²) in [6.07, 6.45) is 0.0876. The monoisotopic (exact) mass is 307 g/mol. The van der Waals surface area contributed by atoms with Gasteiger partial charge in [0.15, 0.2) is 0 Å². The molecule has 0 amide bonds. The summed E-state index contributed by atoms with van der Waals surface area (Å²) >= 11 is 0.836. The van der Waals surface area contributed by atoms with Gasteiger partial charge in [0.1, 0.15) is 22.4 Å². The lowest BCUT2D eigenvalue weighted by molar-refractivity contribution is -0.148. The zero-order chi connectivity index (χ0) is 15.6. The van der Waals surface area contributed by atoms with E-state index in [1.54, 1.807) is 13.0 Å². The Morgan fingerprint density at radius 3 is 2.90 bits per heavy atom. The van der Waals surface area contributed by atoms with Gasteiger partial charge in [0, 0.05) is 6.42 Å². The largest absolute Gasteiger partial charge is 0.468 e. The molecule has 0 aromatic heterocycles. The quantitative estimate of drug-likeness (QED) is 0.634. The molecule has 1 aliphatic rings. The van der Waals surface area contributed by atoms with E-state index >= 15 is 0 Å². The highest BCUT2D eigenvalue weighted by molar-refractivity contribution is 8.05. The first-order valence-electron chi connectivity index (χ1n) is 6.37. The molecule has 0 spiro atoms. The number of methoxy groups -OCH3 is 1. The van der Waals surface area contributed by atoms with Crippen LogP contribution in [0.4, 0.5) is 4.39 Å². The second-order valence-electron chi connectivity index (χ2n) is 5.03. The van der Waals surface area contributed by atoms with Crippen molar-refractivity contribution < 1.29 is 18.7 Å². The molecule has 0 N–H and O–H groups in total. The van der Waals surface area contributed by atoms with Crippen LogP contribution in [0.1, 0.15) is 24.0 Å². The average molecular weight is 307 g/mol. The fraction of sp³-hybridized carbons (Fsp3) is 0.400. The van der Waals surface area contributed by atoms with Gasteiger partial charge in [-0.3, -0.25) is 9.59 Å². The van der Waals surface area contributed by atoms with Crippen molar-refractivity contribution >= 4 is 23.5 Å². The zero-order valence-electron chi connectivity index (χ0n) is 11.7. The van der Waals surface area contributed by atoms with Crippen LogP contribution < -0.4 is 0 Å². The topological polar surface area (TPSA) is 67.2 Å². The molecule has 0 saturated heterocycles. The van der Waals surface area contributed by atoms with E-state index in [1.165, 1.54) is 19.2 Å². The maximum absolute atomic E-state index is 13.8. The van der Waals surface area contributed by atoms with Crippen LogP contribution in [0.5, 0.6) is 0 Å². The summed E-state index contributed by atoms with van der Waals surface area (Å²) < 4.78 is 18.7. The molecule has 0 radical (unpaired) electrons. The van der Waals surface area contributed by atoms with E-state index in [-0.39, 0.29) is 18.6 Å². The maximum Gasteiger partial charge on any atom is 0.316 e. The first-order valence-corrected chi connectivity index (χ1v) is 7.25. The number of esters is 1. The SMILES string of the molecule is COC(=O)[C@@]1(c2cccc(F)c2C)CC(=O)C(SC#N)C1. The summed E-state index contributed by atoms with van der Waals surface area (Å²) in [6.45, 7) is 1.57. The molecule has 110 valence electrons. The molecule has 1 aromatic carbocycles. The molecule has 2 rings (SSSR count). The first-order chi connectivity index (χ1) is 9.96. The molecule has 4 nitrogen and oxygen atoms in total. The molecular formula is C15H14FNO3S. The molecule has 0 bridgehead atoms. The van der Waals surface area contributed by atoms with Crippen molar-refractivity contribution in [2.24, 2.45) is 0 Å². The predicted molar refractivity (Wildman–Crippen MR) is 76.1 cm³/mol. The molecule has 2 atom stereocenters. The number of Topliss-reactive ketones (excluding diaryl/α,β-unsaturated/α-hetero) is 1. The second kappa shape index (κ2) is 5.86. The normalized spacial score (nSPS) is 24.7. The molecule has 1 fully saturated rings. The summed E-state index contributed by atoms with van der Waals surface area (Å²) in [6, 6.07) is 4.46. The minimum atomic E-state index is -1.20. The lowest BCUT2D eigenvalue weighted by Crippen LogP contribution is -2.36. The lowest BCUT2D eigenvalue weighted by atomic mass is 9.76. The molecule has 21 heavy (non-hydrogen) atoms. The van der Waals surface area contributed by atoms with E-state index in [2.05, 4.69) is 0 Å². The fourth-order valence-electron chi connectivity index (χ4n) is 2.88. The number of thiocyanates is 1. The van der Waals surface area contributed by atoms with E-state index in [9.17, 15) is 14.0 Å². The molecule has 6 heteroatoms. The van der Waals surface area contributed by atoms with Gasteiger partial charge in [0.2, 0.25) is 0 Å².